The van der Waals surface area contributed by atoms with Crippen molar-refractivity contribution >= 4 is 29.1 Å². The fourth-order valence-corrected chi connectivity index (χ4v) is 3.68. The van der Waals surface area contributed by atoms with Crippen molar-refractivity contribution in [1.29, 1.82) is 0 Å². The van der Waals surface area contributed by atoms with Crippen LogP contribution in [0.3, 0.4) is 0 Å². The number of amides is 2. The lowest BCUT2D eigenvalue weighted by molar-refractivity contribution is -0.127. The van der Waals surface area contributed by atoms with Gasteiger partial charge in [0, 0.05) is 24.7 Å². The van der Waals surface area contributed by atoms with Crippen LogP contribution in [-0.2, 0) is 9.59 Å². The highest BCUT2D eigenvalue weighted by atomic mass is 35.5. The van der Waals surface area contributed by atoms with Crippen LogP contribution in [0.15, 0.2) is 18.2 Å². The Kier molecular flexibility index (Phi) is 5.09. The molecule has 1 aromatic rings. The van der Waals surface area contributed by atoms with E-state index in [1.54, 1.807) is 0 Å². The maximum Gasteiger partial charge on any atom is 0.227 e. The number of anilines is 1. The van der Waals surface area contributed by atoms with E-state index >= 15 is 0 Å². The Morgan fingerprint density at radius 1 is 1.29 bits per heavy atom. The normalized spacial score (nSPS) is 27.4. The molecule has 130 valence electrons. The first-order valence-electron chi connectivity index (χ1n) is 8.50. The molecule has 0 radical (unpaired) electrons. The quantitative estimate of drug-likeness (QED) is 0.904. The largest absolute Gasteiger partial charge is 0.353 e. The van der Waals surface area contributed by atoms with E-state index in [9.17, 15) is 14.0 Å². The fraction of sp³-hybridized carbons (Fsp3) is 0.556. The van der Waals surface area contributed by atoms with Gasteiger partial charge in [-0.15, -0.1) is 0 Å². The molecule has 2 fully saturated rings. The first-order valence-corrected chi connectivity index (χ1v) is 8.87. The van der Waals surface area contributed by atoms with Gasteiger partial charge in [-0.05, 0) is 49.8 Å². The Balaban J connectivity index is 1.61. The van der Waals surface area contributed by atoms with Gasteiger partial charge in [0.25, 0.3) is 0 Å². The summed E-state index contributed by atoms with van der Waals surface area (Å²) in [5.74, 6) is -0.341. The summed E-state index contributed by atoms with van der Waals surface area (Å²) in [6.45, 7) is 2.55. The summed E-state index contributed by atoms with van der Waals surface area (Å²) in [4.78, 5) is 26.2. The zero-order valence-corrected chi connectivity index (χ0v) is 14.5. The van der Waals surface area contributed by atoms with Gasteiger partial charge < -0.3 is 10.2 Å². The molecule has 1 saturated heterocycles. The monoisotopic (exact) mass is 352 g/mol. The van der Waals surface area contributed by atoms with Crippen molar-refractivity contribution in [3.05, 3.63) is 29.0 Å². The van der Waals surface area contributed by atoms with Gasteiger partial charge in [0.15, 0.2) is 0 Å². The van der Waals surface area contributed by atoms with Crippen LogP contribution in [0.2, 0.25) is 5.02 Å². The van der Waals surface area contributed by atoms with Crippen molar-refractivity contribution in [2.24, 2.45) is 11.8 Å². The van der Waals surface area contributed by atoms with Crippen LogP contribution in [0, 0.1) is 17.7 Å². The molecule has 1 aromatic carbocycles. The highest BCUT2D eigenvalue weighted by molar-refractivity contribution is 6.31. The Hall–Kier alpha value is -1.62. The Bertz CT molecular complexity index is 644. The highest BCUT2D eigenvalue weighted by Crippen LogP contribution is 2.29. The van der Waals surface area contributed by atoms with Gasteiger partial charge in [-0.2, -0.15) is 0 Å². The zero-order valence-electron chi connectivity index (χ0n) is 13.7. The van der Waals surface area contributed by atoms with Crippen molar-refractivity contribution in [2.75, 3.05) is 11.4 Å². The minimum absolute atomic E-state index is 0.0236. The molecule has 3 rings (SSSR count). The molecule has 1 N–H and O–H groups in total. The number of carbonyl (C=O) groups is 2. The summed E-state index contributed by atoms with van der Waals surface area (Å²) in [7, 11) is 0. The molecular formula is C18H22ClFN2O2. The number of nitrogens with one attached hydrogen (secondary N) is 1. The van der Waals surface area contributed by atoms with Gasteiger partial charge in [-0.25, -0.2) is 4.39 Å². The highest BCUT2D eigenvalue weighted by Gasteiger charge is 2.36. The number of hydrogen-bond acceptors (Lipinski definition) is 2. The molecule has 0 aromatic heterocycles. The van der Waals surface area contributed by atoms with Gasteiger partial charge in [0.1, 0.15) is 5.82 Å². The number of benzene rings is 1. The lowest BCUT2D eigenvalue weighted by Gasteiger charge is -2.27. The number of hydrogen-bond donors (Lipinski definition) is 1. The molecule has 0 unspecified atom stereocenters. The summed E-state index contributed by atoms with van der Waals surface area (Å²) in [5, 5.41) is 3.07. The van der Waals surface area contributed by atoms with Crippen LogP contribution in [-0.4, -0.2) is 24.4 Å². The number of carbonyl (C=O) groups excluding carboxylic acids is 2. The second kappa shape index (κ2) is 7.09. The fourth-order valence-electron chi connectivity index (χ4n) is 3.51. The molecule has 0 spiro atoms. The molecular weight excluding hydrogens is 331 g/mol. The second-order valence-electron chi connectivity index (χ2n) is 6.97. The van der Waals surface area contributed by atoms with Crippen molar-refractivity contribution < 1.29 is 14.0 Å². The van der Waals surface area contributed by atoms with E-state index in [0.717, 1.165) is 31.6 Å². The molecule has 6 heteroatoms. The predicted molar refractivity (Wildman–Crippen MR) is 91.4 cm³/mol. The lowest BCUT2D eigenvalue weighted by atomic mass is 9.87. The maximum atomic E-state index is 13.3. The summed E-state index contributed by atoms with van der Waals surface area (Å²) in [5.41, 5.74) is 0.535. The number of nitrogens with zero attached hydrogens (tertiary/aromatic N) is 1. The van der Waals surface area contributed by atoms with Crippen LogP contribution in [0.25, 0.3) is 0 Å². The second-order valence-corrected chi connectivity index (χ2v) is 7.38. The van der Waals surface area contributed by atoms with Gasteiger partial charge in [-0.1, -0.05) is 18.5 Å². The van der Waals surface area contributed by atoms with Crippen LogP contribution in [0.5, 0.6) is 0 Å². The summed E-state index contributed by atoms with van der Waals surface area (Å²) >= 11 is 5.79. The zero-order chi connectivity index (χ0) is 17.3. The Morgan fingerprint density at radius 2 is 2.00 bits per heavy atom. The standard InChI is InChI=1S/C18H22ClFN2O2/c1-11-2-4-13(5-3-11)21-18(24)12-8-17(23)22(10-12)14-6-7-16(20)15(19)9-14/h6-7,9,11-13H,2-5,8,10H2,1H3,(H,21,24)/t11?,12-,13?/m1/s1. The summed E-state index contributed by atoms with van der Waals surface area (Å²) < 4.78 is 13.3. The average molecular weight is 353 g/mol. The maximum absolute atomic E-state index is 13.3. The van der Waals surface area contributed by atoms with Crippen molar-refractivity contribution in [1.82, 2.24) is 5.32 Å². The third-order valence-electron chi connectivity index (χ3n) is 5.07. The SMILES string of the molecule is CC1CCC(NC(=O)[C@@H]2CC(=O)N(c3ccc(F)c(Cl)c3)C2)CC1. The van der Waals surface area contributed by atoms with Crippen LogP contribution < -0.4 is 10.2 Å². The van der Waals surface area contributed by atoms with Crippen LogP contribution >= 0.6 is 11.6 Å². The third-order valence-corrected chi connectivity index (χ3v) is 5.36. The van der Waals surface area contributed by atoms with Gasteiger partial charge in [-0.3, -0.25) is 9.59 Å². The van der Waals surface area contributed by atoms with Gasteiger partial charge in [0.05, 0.1) is 10.9 Å². The van der Waals surface area contributed by atoms with Crippen LogP contribution in [0.1, 0.15) is 39.0 Å². The van der Waals surface area contributed by atoms with Crippen molar-refractivity contribution in [3.63, 3.8) is 0 Å². The number of rotatable bonds is 3. The van der Waals surface area contributed by atoms with E-state index < -0.39 is 5.82 Å². The summed E-state index contributed by atoms with van der Waals surface area (Å²) in [6, 6.07) is 4.40. The van der Waals surface area contributed by atoms with E-state index in [-0.39, 0.29) is 35.2 Å². The molecule has 0 bridgehead atoms. The summed E-state index contributed by atoms with van der Waals surface area (Å²) in [6.07, 6.45) is 4.46. The minimum atomic E-state index is -0.520. The van der Waals surface area contributed by atoms with E-state index in [2.05, 4.69) is 12.2 Å². The molecule has 4 nitrogen and oxygen atoms in total. The molecule has 1 saturated carbocycles. The topological polar surface area (TPSA) is 49.4 Å². The smallest absolute Gasteiger partial charge is 0.227 e. The van der Waals surface area contributed by atoms with E-state index in [1.165, 1.54) is 23.1 Å². The van der Waals surface area contributed by atoms with Crippen molar-refractivity contribution in [2.45, 2.75) is 45.1 Å². The molecule has 1 aliphatic carbocycles. The first kappa shape index (κ1) is 17.2. The Labute approximate surface area is 146 Å². The van der Waals surface area contributed by atoms with Crippen molar-refractivity contribution in [3.8, 4) is 0 Å². The Morgan fingerprint density at radius 3 is 2.67 bits per heavy atom. The molecule has 1 atom stereocenters. The molecule has 2 amide bonds. The molecule has 2 aliphatic rings. The van der Waals surface area contributed by atoms with E-state index in [4.69, 9.17) is 11.6 Å². The van der Waals surface area contributed by atoms with E-state index in [0.29, 0.717) is 12.2 Å². The van der Waals surface area contributed by atoms with Gasteiger partial charge in [0.2, 0.25) is 11.8 Å². The number of halogens is 2. The molecule has 1 heterocycles. The van der Waals surface area contributed by atoms with Gasteiger partial charge >= 0.3 is 0 Å². The lowest BCUT2D eigenvalue weighted by Crippen LogP contribution is -2.41. The molecule has 1 aliphatic heterocycles. The van der Waals surface area contributed by atoms with E-state index in [1.807, 2.05) is 0 Å². The third kappa shape index (κ3) is 3.72. The molecule has 24 heavy (non-hydrogen) atoms. The average Bonchev–Trinajstić information content (AvgIpc) is 2.94. The van der Waals surface area contributed by atoms with Crippen LogP contribution in [0.4, 0.5) is 10.1 Å². The predicted octanol–water partition coefficient (Wildman–Crippen LogP) is 3.53. The minimum Gasteiger partial charge on any atom is -0.353 e. The first-order chi connectivity index (χ1) is 11.4.